The first-order valence-corrected chi connectivity index (χ1v) is 7.06. The van der Waals surface area contributed by atoms with E-state index in [4.69, 9.17) is 11.6 Å². The van der Waals surface area contributed by atoms with E-state index in [2.05, 4.69) is 5.32 Å². The van der Waals surface area contributed by atoms with Crippen LogP contribution in [0.15, 0.2) is 5.38 Å². The molecule has 1 aromatic rings. The highest BCUT2D eigenvalue weighted by atomic mass is 35.5. The molecule has 6 heteroatoms. The number of carbonyl (C=O) groups is 2. The number of aryl methyl sites for hydroxylation is 1. The molecule has 0 saturated heterocycles. The van der Waals surface area contributed by atoms with Crippen molar-refractivity contribution in [1.82, 2.24) is 5.32 Å². The fourth-order valence-electron chi connectivity index (χ4n) is 1.35. The number of hydrogen-bond donors (Lipinski definition) is 2. The molecule has 0 aromatic carbocycles. The Labute approximate surface area is 121 Å². The molecule has 19 heavy (non-hydrogen) atoms. The van der Waals surface area contributed by atoms with Crippen molar-refractivity contribution in [3.8, 4) is 0 Å². The summed E-state index contributed by atoms with van der Waals surface area (Å²) in [7, 11) is 0. The summed E-state index contributed by atoms with van der Waals surface area (Å²) in [5, 5.41) is 14.2. The fraction of sp³-hybridized carbons (Fsp3) is 0.538. The number of carboxylic acid groups (broad SMARTS) is 1. The number of rotatable bonds is 4. The molecule has 1 rings (SSSR count). The van der Waals surface area contributed by atoms with Crippen LogP contribution in [0.4, 0.5) is 0 Å². The number of aliphatic carboxylic acids is 1. The van der Waals surface area contributed by atoms with Gasteiger partial charge in [0.2, 0.25) is 0 Å². The fourth-order valence-corrected chi connectivity index (χ4v) is 2.52. The summed E-state index contributed by atoms with van der Waals surface area (Å²) in [4.78, 5) is 23.9. The minimum absolute atomic E-state index is 0.345. The van der Waals surface area contributed by atoms with Crippen molar-refractivity contribution in [2.75, 3.05) is 0 Å². The molecule has 0 radical (unpaired) electrons. The second-order valence-electron chi connectivity index (χ2n) is 5.57. The topological polar surface area (TPSA) is 66.4 Å². The van der Waals surface area contributed by atoms with Gasteiger partial charge in [-0.25, -0.2) is 0 Å². The Bertz CT molecular complexity index is 520. The molecule has 0 spiro atoms. The van der Waals surface area contributed by atoms with E-state index in [9.17, 15) is 14.7 Å². The molecule has 4 nitrogen and oxygen atoms in total. The number of nitrogens with one attached hydrogen (secondary N) is 1. The van der Waals surface area contributed by atoms with Gasteiger partial charge >= 0.3 is 5.97 Å². The van der Waals surface area contributed by atoms with Crippen LogP contribution >= 0.6 is 22.9 Å². The lowest BCUT2D eigenvalue weighted by atomic mass is 9.74. The van der Waals surface area contributed by atoms with Crippen molar-refractivity contribution < 1.29 is 14.7 Å². The zero-order valence-corrected chi connectivity index (χ0v) is 13.2. The van der Waals surface area contributed by atoms with Crippen LogP contribution in [0.5, 0.6) is 0 Å². The van der Waals surface area contributed by atoms with Crippen molar-refractivity contribution >= 4 is 34.8 Å². The first-order chi connectivity index (χ1) is 8.50. The summed E-state index contributed by atoms with van der Waals surface area (Å²) in [6.45, 7) is 8.36. The number of carboxylic acids is 1. The average Bonchev–Trinajstić information content (AvgIpc) is 2.58. The SMILES string of the molecule is Cc1csc(C(=O)NC(C)(C)C(C)(C)C(=O)O)c1Cl. The van der Waals surface area contributed by atoms with Gasteiger partial charge in [0.25, 0.3) is 5.91 Å². The van der Waals surface area contributed by atoms with Crippen molar-refractivity contribution in [1.29, 1.82) is 0 Å². The van der Waals surface area contributed by atoms with Gasteiger partial charge < -0.3 is 10.4 Å². The van der Waals surface area contributed by atoms with Crippen molar-refractivity contribution in [2.45, 2.75) is 40.2 Å². The van der Waals surface area contributed by atoms with E-state index in [0.29, 0.717) is 9.90 Å². The summed E-state index contributed by atoms with van der Waals surface area (Å²) in [5.74, 6) is -1.31. The maximum absolute atomic E-state index is 12.2. The molecule has 0 fully saturated rings. The summed E-state index contributed by atoms with van der Waals surface area (Å²) in [6.07, 6.45) is 0. The van der Waals surface area contributed by atoms with E-state index >= 15 is 0 Å². The van der Waals surface area contributed by atoms with Gasteiger partial charge in [0, 0.05) is 0 Å². The standard InChI is InChI=1S/C13H18ClNO3S/c1-7-6-19-9(8(7)14)10(16)15-13(4,5)12(2,3)11(17)18/h6H,1-5H3,(H,15,16)(H,17,18). The third-order valence-electron chi connectivity index (χ3n) is 3.63. The highest BCUT2D eigenvalue weighted by molar-refractivity contribution is 7.13. The Kier molecular flexibility index (Phi) is 4.32. The third kappa shape index (κ3) is 2.92. The Balaban J connectivity index is 2.99. The maximum atomic E-state index is 12.2. The maximum Gasteiger partial charge on any atom is 0.311 e. The van der Waals surface area contributed by atoms with Crippen LogP contribution in [0.1, 0.15) is 42.9 Å². The molecular formula is C13H18ClNO3S. The normalized spacial score (nSPS) is 12.3. The minimum atomic E-state index is -1.10. The van der Waals surface area contributed by atoms with Gasteiger partial charge in [0.05, 0.1) is 16.0 Å². The van der Waals surface area contributed by atoms with Crippen LogP contribution in [0, 0.1) is 12.3 Å². The molecule has 0 bridgehead atoms. The second kappa shape index (κ2) is 5.13. The summed E-state index contributed by atoms with van der Waals surface area (Å²) in [5.41, 5.74) is -1.16. The molecule has 0 unspecified atom stereocenters. The average molecular weight is 304 g/mol. The van der Waals surface area contributed by atoms with E-state index in [1.165, 1.54) is 11.3 Å². The second-order valence-corrected chi connectivity index (χ2v) is 6.83. The third-order valence-corrected chi connectivity index (χ3v) is 5.32. The van der Waals surface area contributed by atoms with E-state index in [-0.39, 0.29) is 5.91 Å². The molecule has 1 amide bonds. The van der Waals surface area contributed by atoms with Crippen molar-refractivity contribution in [3.05, 3.63) is 20.8 Å². The lowest BCUT2D eigenvalue weighted by Crippen LogP contribution is -2.56. The van der Waals surface area contributed by atoms with Gasteiger partial charge in [-0.15, -0.1) is 11.3 Å². The molecule has 0 aliphatic heterocycles. The smallest absolute Gasteiger partial charge is 0.311 e. The van der Waals surface area contributed by atoms with E-state index in [1.807, 2.05) is 6.92 Å². The number of carbonyl (C=O) groups excluding carboxylic acids is 1. The Hall–Kier alpha value is -1.07. The van der Waals surface area contributed by atoms with Gasteiger partial charge in [0.1, 0.15) is 4.88 Å². The molecule has 106 valence electrons. The Morgan fingerprint density at radius 1 is 1.32 bits per heavy atom. The molecule has 0 aliphatic rings. The van der Waals surface area contributed by atoms with Crippen LogP contribution in [0.2, 0.25) is 5.02 Å². The minimum Gasteiger partial charge on any atom is -0.481 e. The molecule has 2 N–H and O–H groups in total. The van der Waals surface area contributed by atoms with Gasteiger partial charge in [-0.3, -0.25) is 9.59 Å². The predicted octanol–water partition coefficient (Wildman–Crippen LogP) is 3.33. The summed E-state index contributed by atoms with van der Waals surface area (Å²) in [6, 6.07) is 0. The predicted molar refractivity (Wildman–Crippen MR) is 77.0 cm³/mol. The van der Waals surface area contributed by atoms with Crippen molar-refractivity contribution in [2.24, 2.45) is 5.41 Å². The molecule has 1 aromatic heterocycles. The summed E-state index contributed by atoms with van der Waals surface area (Å²) >= 11 is 7.30. The lowest BCUT2D eigenvalue weighted by molar-refractivity contribution is -0.150. The van der Waals surface area contributed by atoms with Crippen LogP contribution < -0.4 is 5.32 Å². The van der Waals surface area contributed by atoms with Gasteiger partial charge in [-0.05, 0) is 45.6 Å². The molecular weight excluding hydrogens is 286 g/mol. The zero-order valence-electron chi connectivity index (χ0n) is 11.6. The van der Waals surface area contributed by atoms with Crippen LogP contribution in [-0.2, 0) is 4.79 Å². The highest BCUT2D eigenvalue weighted by Gasteiger charge is 2.44. The largest absolute Gasteiger partial charge is 0.481 e. The number of amides is 1. The number of hydrogen-bond acceptors (Lipinski definition) is 3. The molecule has 1 heterocycles. The molecule has 0 atom stereocenters. The zero-order chi connectivity index (χ0) is 15.0. The van der Waals surface area contributed by atoms with Gasteiger partial charge in [-0.1, -0.05) is 11.6 Å². The first kappa shape index (κ1) is 16.0. The monoisotopic (exact) mass is 303 g/mol. The van der Waals surface area contributed by atoms with Crippen LogP contribution in [0.25, 0.3) is 0 Å². The first-order valence-electron chi connectivity index (χ1n) is 5.80. The quantitative estimate of drug-likeness (QED) is 0.896. The van der Waals surface area contributed by atoms with E-state index in [0.717, 1.165) is 5.56 Å². The highest BCUT2D eigenvalue weighted by Crippen LogP contribution is 2.33. The van der Waals surface area contributed by atoms with E-state index < -0.39 is 16.9 Å². The van der Waals surface area contributed by atoms with E-state index in [1.54, 1.807) is 33.1 Å². The van der Waals surface area contributed by atoms with Crippen molar-refractivity contribution in [3.63, 3.8) is 0 Å². The molecule has 0 aliphatic carbocycles. The number of halogens is 1. The van der Waals surface area contributed by atoms with Gasteiger partial charge in [0.15, 0.2) is 0 Å². The van der Waals surface area contributed by atoms with Crippen LogP contribution in [0.3, 0.4) is 0 Å². The Morgan fingerprint density at radius 3 is 2.21 bits per heavy atom. The van der Waals surface area contributed by atoms with Crippen LogP contribution in [-0.4, -0.2) is 22.5 Å². The summed E-state index contributed by atoms with van der Waals surface area (Å²) < 4.78 is 0. The molecule has 0 saturated carbocycles. The number of thiophene rings is 1. The van der Waals surface area contributed by atoms with Gasteiger partial charge in [-0.2, -0.15) is 0 Å². The lowest BCUT2D eigenvalue weighted by Gasteiger charge is -2.38. The Morgan fingerprint density at radius 2 is 1.84 bits per heavy atom.